The smallest absolute Gasteiger partial charge is 0.178 e. The van der Waals surface area contributed by atoms with Gasteiger partial charge in [0.05, 0.1) is 10.6 Å². The normalized spacial score (nSPS) is 18.8. The summed E-state index contributed by atoms with van der Waals surface area (Å²) in [6.07, 6.45) is 0. The van der Waals surface area contributed by atoms with E-state index >= 15 is 0 Å². The van der Waals surface area contributed by atoms with Crippen LogP contribution in [-0.2, 0) is 9.84 Å². The van der Waals surface area contributed by atoms with Gasteiger partial charge in [-0.1, -0.05) is 32.0 Å². The standard InChI is InChI=1S/C14H22N2O2S.C6H3F/c1-3-16-10-9-15-11-14(16)12-5-7-13(8-6-12)19(17,18)4-2;7-6-2-1-4-3-5(4)6/h5-8,14-15H,3-4,9-11H2,1-2H3;1-3H. The van der Waals surface area contributed by atoms with Crippen molar-refractivity contribution < 1.29 is 12.8 Å². The second-order valence-corrected chi connectivity index (χ2v) is 8.79. The number of fused-ring (bicyclic) bond motifs is 1. The molecule has 4 nitrogen and oxygen atoms in total. The van der Waals surface area contributed by atoms with E-state index < -0.39 is 9.84 Å². The Bertz CT molecular complexity index is 866. The van der Waals surface area contributed by atoms with Crippen molar-refractivity contribution in [2.75, 3.05) is 31.9 Å². The molecule has 1 heterocycles. The molecule has 1 aromatic carbocycles. The van der Waals surface area contributed by atoms with Crippen molar-refractivity contribution >= 4 is 9.84 Å². The third kappa shape index (κ3) is 4.14. The number of nitrogens with zero attached hydrogens (tertiary/aromatic N) is 1. The number of benzene rings is 2. The van der Waals surface area contributed by atoms with Gasteiger partial charge < -0.3 is 5.32 Å². The zero-order valence-corrected chi connectivity index (χ0v) is 16.0. The molecule has 0 aromatic heterocycles. The van der Waals surface area contributed by atoms with Crippen LogP contribution in [0, 0.1) is 5.82 Å². The summed E-state index contributed by atoms with van der Waals surface area (Å²) in [4.78, 5) is 2.84. The Morgan fingerprint density at radius 2 is 1.88 bits per heavy atom. The van der Waals surface area contributed by atoms with Gasteiger partial charge in [-0.2, -0.15) is 0 Å². The van der Waals surface area contributed by atoms with E-state index in [-0.39, 0.29) is 11.6 Å². The van der Waals surface area contributed by atoms with Gasteiger partial charge in [-0.05, 0) is 41.9 Å². The van der Waals surface area contributed by atoms with E-state index in [1.807, 2.05) is 18.2 Å². The van der Waals surface area contributed by atoms with Crippen molar-refractivity contribution in [3.63, 3.8) is 0 Å². The molecule has 1 aromatic rings. The Hall–Kier alpha value is -1.76. The molecule has 2 aliphatic carbocycles. The SMILES string of the molecule is CCN1CCNCC1c1ccc(S(=O)(=O)CC)cc1.Fc1ccc2cc1-2. The van der Waals surface area contributed by atoms with Crippen LogP contribution in [0.3, 0.4) is 0 Å². The van der Waals surface area contributed by atoms with E-state index in [0.29, 0.717) is 10.9 Å². The minimum atomic E-state index is -3.09. The Morgan fingerprint density at radius 1 is 1.15 bits per heavy atom. The Balaban J connectivity index is 0.000000229. The fourth-order valence-corrected chi connectivity index (χ4v) is 4.12. The van der Waals surface area contributed by atoms with Gasteiger partial charge >= 0.3 is 0 Å². The quantitative estimate of drug-likeness (QED) is 0.759. The van der Waals surface area contributed by atoms with Crippen LogP contribution < -0.4 is 5.32 Å². The summed E-state index contributed by atoms with van der Waals surface area (Å²) in [5.74, 6) is 0.0771. The molecule has 26 heavy (non-hydrogen) atoms. The maximum Gasteiger partial charge on any atom is 0.178 e. The fraction of sp³-hybridized carbons (Fsp3) is 0.400. The number of halogens is 1. The van der Waals surface area contributed by atoms with Crippen LogP contribution >= 0.6 is 0 Å². The maximum atomic E-state index is 12.1. The molecule has 0 spiro atoms. The van der Waals surface area contributed by atoms with E-state index in [9.17, 15) is 12.8 Å². The third-order valence-electron chi connectivity index (χ3n) is 4.96. The summed E-state index contributed by atoms with van der Waals surface area (Å²) in [5.41, 5.74) is 3.06. The van der Waals surface area contributed by atoms with E-state index in [2.05, 4.69) is 17.1 Å². The zero-order chi connectivity index (χ0) is 18.7. The number of likely N-dealkylation sites (N-methyl/N-ethyl adjacent to an activating group) is 1. The molecule has 1 unspecified atom stereocenters. The topological polar surface area (TPSA) is 49.4 Å². The maximum absolute atomic E-state index is 12.1. The highest BCUT2D eigenvalue weighted by Gasteiger charge is 2.22. The summed E-state index contributed by atoms with van der Waals surface area (Å²) in [6.45, 7) is 7.83. The molecule has 1 saturated heterocycles. The Labute approximate surface area is 155 Å². The molecule has 1 atom stereocenters. The first kappa shape index (κ1) is 19.0. The lowest BCUT2D eigenvalue weighted by molar-refractivity contribution is 0.171. The predicted octanol–water partition coefficient (Wildman–Crippen LogP) is 3.25. The van der Waals surface area contributed by atoms with Crippen LogP contribution in [0.1, 0.15) is 25.5 Å². The summed E-state index contributed by atoms with van der Waals surface area (Å²) in [5, 5.41) is 3.39. The number of sulfone groups is 1. The molecule has 0 bridgehead atoms. The van der Waals surface area contributed by atoms with Crippen LogP contribution in [0.25, 0.3) is 11.1 Å². The molecular weight excluding hydrogens is 351 g/mol. The van der Waals surface area contributed by atoms with Gasteiger partial charge in [-0.15, -0.1) is 0 Å². The van der Waals surface area contributed by atoms with Crippen LogP contribution in [0.2, 0.25) is 0 Å². The lowest BCUT2D eigenvalue weighted by atomic mass is 10.0. The third-order valence-corrected chi connectivity index (χ3v) is 6.71. The molecule has 1 N–H and O–H groups in total. The average Bonchev–Trinajstić information content (AvgIpc) is 3.38. The molecule has 6 heteroatoms. The first-order valence-corrected chi connectivity index (χ1v) is 10.7. The van der Waals surface area contributed by atoms with Gasteiger partial charge in [0.1, 0.15) is 5.82 Å². The second-order valence-electron chi connectivity index (χ2n) is 6.52. The summed E-state index contributed by atoms with van der Waals surface area (Å²) >= 11 is 0. The lowest BCUT2D eigenvalue weighted by Gasteiger charge is -2.35. The molecular formula is C20H25FN2O2S. The number of hydrogen-bond donors (Lipinski definition) is 1. The molecule has 0 radical (unpaired) electrons. The number of rotatable bonds is 4. The van der Waals surface area contributed by atoms with Gasteiger partial charge in [-0.3, -0.25) is 4.90 Å². The molecule has 140 valence electrons. The van der Waals surface area contributed by atoms with Crippen molar-refractivity contribution in [2.45, 2.75) is 24.8 Å². The highest BCUT2D eigenvalue weighted by Crippen LogP contribution is 2.36. The van der Waals surface area contributed by atoms with Gasteiger partial charge in [0.15, 0.2) is 9.84 Å². The van der Waals surface area contributed by atoms with E-state index in [1.54, 1.807) is 25.1 Å². The highest BCUT2D eigenvalue weighted by molar-refractivity contribution is 7.91. The minimum Gasteiger partial charge on any atom is -0.314 e. The Kier molecular flexibility index (Phi) is 5.75. The summed E-state index contributed by atoms with van der Waals surface area (Å²) in [6, 6.07) is 12.8. The predicted molar refractivity (Wildman–Crippen MR) is 102 cm³/mol. The number of nitrogens with one attached hydrogen (secondary N) is 1. The average molecular weight is 376 g/mol. The highest BCUT2D eigenvalue weighted by atomic mass is 32.2. The molecule has 1 fully saturated rings. The fourth-order valence-electron chi connectivity index (χ4n) is 3.23. The van der Waals surface area contributed by atoms with Gasteiger partial charge in [0.2, 0.25) is 0 Å². The van der Waals surface area contributed by atoms with Crippen molar-refractivity contribution in [3.05, 3.63) is 53.8 Å². The number of hydrogen-bond acceptors (Lipinski definition) is 4. The molecule has 4 rings (SSSR count). The van der Waals surface area contributed by atoms with E-state index in [4.69, 9.17) is 0 Å². The lowest BCUT2D eigenvalue weighted by Crippen LogP contribution is -2.45. The summed E-state index contributed by atoms with van der Waals surface area (Å²) in [7, 11) is -3.09. The van der Waals surface area contributed by atoms with Crippen LogP contribution in [0.5, 0.6) is 0 Å². The Morgan fingerprint density at radius 3 is 2.35 bits per heavy atom. The van der Waals surface area contributed by atoms with Crippen LogP contribution in [0.4, 0.5) is 4.39 Å². The van der Waals surface area contributed by atoms with Crippen LogP contribution in [0.15, 0.2) is 47.4 Å². The van der Waals surface area contributed by atoms with Crippen LogP contribution in [-0.4, -0.2) is 45.2 Å². The van der Waals surface area contributed by atoms with Gasteiger partial charge in [0, 0.05) is 31.2 Å². The second kappa shape index (κ2) is 7.86. The molecule has 1 aliphatic heterocycles. The monoisotopic (exact) mass is 376 g/mol. The van der Waals surface area contributed by atoms with Crippen molar-refractivity contribution in [1.82, 2.24) is 10.2 Å². The molecule has 3 aliphatic rings. The molecule has 0 amide bonds. The minimum absolute atomic E-state index is 0.0741. The van der Waals surface area contributed by atoms with Crippen molar-refractivity contribution in [1.29, 1.82) is 0 Å². The van der Waals surface area contributed by atoms with Gasteiger partial charge in [-0.25, -0.2) is 12.8 Å². The van der Waals surface area contributed by atoms with Crippen molar-refractivity contribution in [2.24, 2.45) is 0 Å². The van der Waals surface area contributed by atoms with Crippen molar-refractivity contribution in [3.8, 4) is 11.1 Å². The largest absolute Gasteiger partial charge is 0.314 e. The first-order valence-electron chi connectivity index (χ1n) is 9.03. The van der Waals surface area contributed by atoms with Gasteiger partial charge in [0.25, 0.3) is 0 Å². The molecule has 0 saturated carbocycles. The summed E-state index contributed by atoms with van der Waals surface area (Å²) < 4.78 is 35.7. The number of piperazine rings is 1. The van der Waals surface area contributed by atoms with E-state index in [0.717, 1.165) is 37.3 Å². The van der Waals surface area contributed by atoms with E-state index in [1.165, 1.54) is 11.6 Å². The first-order chi connectivity index (χ1) is 12.5. The zero-order valence-electron chi connectivity index (χ0n) is 15.2.